The van der Waals surface area contributed by atoms with Gasteiger partial charge in [0.2, 0.25) is 0 Å². The van der Waals surface area contributed by atoms with Crippen molar-refractivity contribution >= 4 is 23.1 Å². The Balaban J connectivity index is 3.18. The Morgan fingerprint density at radius 3 is 2.76 bits per heavy atom. The molecule has 17 heavy (non-hydrogen) atoms. The van der Waals surface area contributed by atoms with Gasteiger partial charge in [0.15, 0.2) is 0 Å². The van der Waals surface area contributed by atoms with Gasteiger partial charge in [-0.05, 0) is 37.1 Å². The number of allylic oxidation sites excluding steroid dienone is 1. The van der Waals surface area contributed by atoms with Crippen molar-refractivity contribution in [1.29, 1.82) is 5.26 Å². The van der Waals surface area contributed by atoms with E-state index in [0.717, 1.165) is 5.56 Å². The number of nitriles is 1. The summed E-state index contributed by atoms with van der Waals surface area (Å²) in [4.78, 5) is 11.5. The van der Waals surface area contributed by atoms with Gasteiger partial charge in [0.1, 0.15) is 11.6 Å². The average Bonchev–Trinajstić information content (AvgIpc) is 2.30. The van der Waals surface area contributed by atoms with Crippen LogP contribution in [0.3, 0.4) is 0 Å². The summed E-state index contributed by atoms with van der Waals surface area (Å²) in [6.07, 6.45) is 0. The van der Waals surface area contributed by atoms with Gasteiger partial charge in [0, 0.05) is 5.02 Å². The number of nitrogens with zero attached hydrogens (tertiary/aromatic N) is 1. The largest absolute Gasteiger partial charge is 0.462 e. The topological polar surface area (TPSA) is 50.1 Å². The first-order chi connectivity index (χ1) is 8.10. The minimum absolute atomic E-state index is 0.00844. The Bertz CT molecular complexity index is 500. The fourth-order valence-corrected chi connectivity index (χ4v) is 1.54. The second-order valence-electron chi connectivity index (χ2n) is 3.34. The molecule has 0 fully saturated rings. The molecule has 4 heteroatoms. The molecule has 0 heterocycles. The molecule has 0 saturated heterocycles. The fraction of sp³-hybridized carbons (Fsp3) is 0.231. The van der Waals surface area contributed by atoms with Crippen LogP contribution in [-0.4, -0.2) is 12.6 Å². The maximum atomic E-state index is 11.5. The second-order valence-corrected chi connectivity index (χ2v) is 3.78. The van der Waals surface area contributed by atoms with E-state index in [-0.39, 0.29) is 12.2 Å². The highest BCUT2D eigenvalue weighted by Crippen LogP contribution is 2.21. The van der Waals surface area contributed by atoms with Crippen molar-refractivity contribution in [3.05, 3.63) is 40.4 Å². The number of carbonyl (C=O) groups is 1. The Kier molecular flexibility index (Phi) is 4.74. The highest BCUT2D eigenvalue weighted by Gasteiger charge is 2.14. The van der Waals surface area contributed by atoms with Gasteiger partial charge < -0.3 is 4.74 Å². The summed E-state index contributed by atoms with van der Waals surface area (Å²) in [7, 11) is 0. The molecule has 0 aliphatic rings. The van der Waals surface area contributed by atoms with Gasteiger partial charge in [-0.3, -0.25) is 0 Å². The van der Waals surface area contributed by atoms with E-state index < -0.39 is 5.97 Å². The average molecular weight is 250 g/mol. The van der Waals surface area contributed by atoms with Crippen LogP contribution in [0.2, 0.25) is 5.02 Å². The van der Waals surface area contributed by atoms with Crippen LogP contribution < -0.4 is 0 Å². The summed E-state index contributed by atoms with van der Waals surface area (Å²) in [5, 5.41) is 9.54. The smallest absolute Gasteiger partial charge is 0.349 e. The maximum Gasteiger partial charge on any atom is 0.349 e. The third-order valence-corrected chi connectivity index (χ3v) is 2.46. The zero-order chi connectivity index (χ0) is 12.8. The van der Waals surface area contributed by atoms with Crippen molar-refractivity contribution in [2.75, 3.05) is 6.61 Å². The summed E-state index contributed by atoms with van der Waals surface area (Å²) >= 11 is 5.86. The van der Waals surface area contributed by atoms with Crippen LogP contribution in [-0.2, 0) is 9.53 Å². The van der Waals surface area contributed by atoms with Gasteiger partial charge in [-0.1, -0.05) is 23.7 Å². The van der Waals surface area contributed by atoms with Crippen LogP contribution >= 0.6 is 11.6 Å². The first kappa shape index (κ1) is 13.3. The molecule has 0 saturated carbocycles. The van der Waals surface area contributed by atoms with Crippen LogP contribution in [0.1, 0.15) is 19.4 Å². The van der Waals surface area contributed by atoms with E-state index >= 15 is 0 Å². The molecule has 3 nitrogen and oxygen atoms in total. The van der Waals surface area contributed by atoms with Gasteiger partial charge in [-0.15, -0.1) is 0 Å². The van der Waals surface area contributed by atoms with Gasteiger partial charge in [-0.25, -0.2) is 4.79 Å². The SMILES string of the molecule is CCOC(=O)/C(C#N)=C(\C)c1cccc(Cl)c1. The number of halogens is 1. The molecule has 0 amide bonds. The Hall–Kier alpha value is -1.79. The lowest BCUT2D eigenvalue weighted by Crippen LogP contribution is -2.08. The third-order valence-electron chi connectivity index (χ3n) is 2.22. The number of rotatable bonds is 3. The molecule has 0 N–H and O–H groups in total. The lowest BCUT2D eigenvalue weighted by Gasteiger charge is -2.06. The molecule has 0 bridgehead atoms. The van der Waals surface area contributed by atoms with E-state index in [0.29, 0.717) is 10.6 Å². The Labute approximate surface area is 105 Å². The molecule has 1 rings (SSSR count). The van der Waals surface area contributed by atoms with Gasteiger partial charge in [0.05, 0.1) is 6.61 Å². The van der Waals surface area contributed by atoms with Crippen molar-refractivity contribution in [3.63, 3.8) is 0 Å². The summed E-state index contributed by atoms with van der Waals surface area (Å²) in [6.45, 7) is 3.63. The molecule has 0 aliphatic heterocycles. The highest BCUT2D eigenvalue weighted by atomic mass is 35.5. The van der Waals surface area contributed by atoms with E-state index in [1.165, 1.54) is 0 Å². The second kappa shape index (κ2) is 6.07. The number of esters is 1. The lowest BCUT2D eigenvalue weighted by molar-refractivity contribution is -0.137. The zero-order valence-corrected chi connectivity index (χ0v) is 10.4. The molecule has 1 aromatic carbocycles. The maximum absolute atomic E-state index is 11.5. The quantitative estimate of drug-likeness (QED) is 0.470. The van der Waals surface area contributed by atoms with Crippen molar-refractivity contribution in [2.45, 2.75) is 13.8 Å². The summed E-state index contributed by atoms with van der Waals surface area (Å²) in [5.74, 6) is -0.604. The van der Waals surface area contributed by atoms with E-state index in [1.54, 1.807) is 38.1 Å². The van der Waals surface area contributed by atoms with E-state index in [4.69, 9.17) is 21.6 Å². The molecule has 0 atom stereocenters. The minimum atomic E-state index is -0.604. The highest BCUT2D eigenvalue weighted by molar-refractivity contribution is 6.30. The Morgan fingerprint density at radius 2 is 2.24 bits per heavy atom. The van der Waals surface area contributed by atoms with Crippen LogP contribution in [0.5, 0.6) is 0 Å². The molecule has 1 aromatic rings. The van der Waals surface area contributed by atoms with E-state index in [1.807, 2.05) is 6.07 Å². The van der Waals surface area contributed by atoms with Gasteiger partial charge in [-0.2, -0.15) is 5.26 Å². The van der Waals surface area contributed by atoms with E-state index in [2.05, 4.69) is 0 Å². The first-order valence-electron chi connectivity index (χ1n) is 5.14. The van der Waals surface area contributed by atoms with Crippen molar-refractivity contribution in [3.8, 4) is 6.07 Å². The van der Waals surface area contributed by atoms with Crippen LogP contribution in [0, 0.1) is 11.3 Å². The number of hydrogen-bond acceptors (Lipinski definition) is 3. The summed E-state index contributed by atoms with van der Waals surface area (Å²) < 4.78 is 4.82. The summed E-state index contributed by atoms with van der Waals surface area (Å²) in [6, 6.07) is 8.85. The minimum Gasteiger partial charge on any atom is -0.462 e. The van der Waals surface area contributed by atoms with Crippen LogP contribution in [0.4, 0.5) is 0 Å². The number of ether oxygens (including phenoxy) is 1. The third kappa shape index (κ3) is 3.33. The molecule has 0 spiro atoms. The normalized spacial score (nSPS) is 11.4. The molecule has 0 aliphatic carbocycles. The standard InChI is InChI=1S/C13H12ClNO2/c1-3-17-13(16)12(8-15)9(2)10-5-4-6-11(14)7-10/h4-7H,3H2,1-2H3/b12-9+. The van der Waals surface area contributed by atoms with Gasteiger partial charge in [0.25, 0.3) is 0 Å². The monoisotopic (exact) mass is 249 g/mol. The van der Waals surface area contributed by atoms with E-state index in [9.17, 15) is 4.79 Å². The van der Waals surface area contributed by atoms with Crippen LogP contribution in [0.15, 0.2) is 29.8 Å². The number of hydrogen-bond donors (Lipinski definition) is 0. The molecular weight excluding hydrogens is 238 g/mol. The number of benzene rings is 1. The molecule has 0 aromatic heterocycles. The predicted molar refractivity (Wildman–Crippen MR) is 66.3 cm³/mol. The van der Waals surface area contributed by atoms with Crippen molar-refractivity contribution in [1.82, 2.24) is 0 Å². The van der Waals surface area contributed by atoms with Crippen LogP contribution in [0.25, 0.3) is 5.57 Å². The predicted octanol–water partition coefficient (Wildman–Crippen LogP) is 3.20. The van der Waals surface area contributed by atoms with Crippen molar-refractivity contribution < 1.29 is 9.53 Å². The summed E-state index contributed by atoms with van der Waals surface area (Å²) in [5.41, 5.74) is 1.31. The molecule has 0 unspecified atom stereocenters. The lowest BCUT2D eigenvalue weighted by atomic mass is 10.0. The van der Waals surface area contributed by atoms with Crippen molar-refractivity contribution in [2.24, 2.45) is 0 Å². The fourth-order valence-electron chi connectivity index (χ4n) is 1.35. The first-order valence-corrected chi connectivity index (χ1v) is 5.52. The number of carbonyl (C=O) groups excluding carboxylic acids is 1. The molecule has 0 radical (unpaired) electrons. The molecular formula is C13H12ClNO2. The zero-order valence-electron chi connectivity index (χ0n) is 9.66. The molecule has 88 valence electrons. The van der Waals surface area contributed by atoms with Gasteiger partial charge >= 0.3 is 5.97 Å². The Morgan fingerprint density at radius 1 is 1.53 bits per heavy atom.